The molecular weight excluding hydrogens is 629 g/mol. The van der Waals surface area contributed by atoms with Crippen LogP contribution in [0.3, 0.4) is 0 Å². The van der Waals surface area contributed by atoms with Crippen LogP contribution in [0, 0.1) is 4.67 Å². The van der Waals surface area contributed by atoms with Crippen LogP contribution in [0.15, 0.2) is 188 Å². The van der Waals surface area contributed by atoms with E-state index in [9.17, 15) is 4.89 Å². The van der Waals surface area contributed by atoms with Gasteiger partial charge in [-0.05, 0) is 35.0 Å². The quantitative estimate of drug-likeness (QED) is 0.173. The summed E-state index contributed by atoms with van der Waals surface area (Å²) in [5.74, 6) is 0. The summed E-state index contributed by atoms with van der Waals surface area (Å²) in [7, 11) is -8.00. The highest BCUT2D eigenvalue weighted by Crippen LogP contribution is 2.58. The number of hydrogen-bond donors (Lipinski definition) is 1. The van der Waals surface area contributed by atoms with Gasteiger partial charge in [0.25, 0.3) is 0 Å². The van der Waals surface area contributed by atoms with Gasteiger partial charge in [-0.2, -0.15) is 0 Å². The zero-order valence-electron chi connectivity index (χ0n) is 26.1. The first-order chi connectivity index (χ1) is 23.0. The Morgan fingerprint density at radius 2 is 0.766 bits per heavy atom. The fourth-order valence-electron chi connectivity index (χ4n) is 6.52. The molecule has 0 spiro atoms. The minimum Gasteiger partial charge on any atom is -0.366 e. The van der Waals surface area contributed by atoms with Crippen molar-refractivity contribution in [3.63, 3.8) is 0 Å². The van der Waals surface area contributed by atoms with Crippen LogP contribution < -0.4 is 26.3 Å². The van der Waals surface area contributed by atoms with Crippen molar-refractivity contribution in [2.75, 3.05) is 0 Å². The van der Waals surface area contributed by atoms with Crippen LogP contribution in [0.5, 0.6) is 0 Å². The summed E-state index contributed by atoms with van der Waals surface area (Å²) >= 11 is 0. The molecule has 6 aromatic carbocycles. The van der Waals surface area contributed by atoms with Crippen LogP contribution in [0.1, 0.15) is 0 Å². The lowest BCUT2D eigenvalue weighted by Gasteiger charge is -2.30. The number of rotatable bonds is 7. The maximum absolute atomic E-state index is 16.4. The first-order valence-electron chi connectivity index (χ1n) is 15.7. The molecule has 0 saturated carbocycles. The van der Waals surface area contributed by atoms with E-state index < -0.39 is 21.8 Å². The van der Waals surface area contributed by atoms with E-state index in [2.05, 4.69) is 49.1 Å². The van der Waals surface area contributed by atoms with Crippen LogP contribution in [0.2, 0.25) is 0 Å². The number of benzene rings is 6. The Kier molecular flexibility index (Phi) is 8.88. The van der Waals surface area contributed by atoms with Crippen molar-refractivity contribution in [3.8, 4) is 22.3 Å². The molecule has 1 aromatic heterocycles. The Balaban J connectivity index is 1.80. The molecule has 0 bridgehead atoms. The van der Waals surface area contributed by atoms with Crippen LogP contribution >= 0.6 is 21.8 Å². The first kappa shape index (κ1) is 31.2. The maximum atomic E-state index is 16.4. The van der Waals surface area contributed by atoms with Gasteiger partial charge in [0.15, 0.2) is 7.14 Å². The summed E-state index contributed by atoms with van der Waals surface area (Å²) < 4.78 is 17.4. The van der Waals surface area contributed by atoms with Gasteiger partial charge in [-0.3, -0.25) is 0 Å². The molecule has 1 N–H and O–H groups in total. The lowest BCUT2D eigenvalue weighted by molar-refractivity contribution is 0.593. The summed E-state index contributed by atoms with van der Waals surface area (Å²) in [5.41, 5.74) is 4.00. The highest BCUT2D eigenvalue weighted by molar-refractivity contribution is 7.94. The normalized spacial score (nSPS) is 12.1. The van der Waals surface area contributed by atoms with Gasteiger partial charge in [0.05, 0.1) is 7.11 Å². The maximum Gasteiger partial charge on any atom is 0.175 e. The predicted octanol–water partition coefficient (Wildman–Crippen LogP) is 9.29. The second kappa shape index (κ2) is 13.4. The Bertz CT molecular complexity index is 2180. The van der Waals surface area contributed by atoms with Crippen LogP contribution in [0.25, 0.3) is 22.3 Å². The first-order valence-corrected chi connectivity index (χ1v) is 20.9. The molecule has 230 valence electrons. The molecule has 5 heteroatoms. The molecule has 7 rings (SSSR count). The van der Waals surface area contributed by atoms with Crippen LogP contribution in [0.4, 0.5) is 0 Å². The Morgan fingerprint density at radius 1 is 0.447 bits per heavy atom. The van der Waals surface area contributed by atoms with Crippen molar-refractivity contribution in [2.24, 2.45) is 6.66 Å². The molecule has 0 amide bonds. The number of hydrogen-bond acceptors (Lipinski definition) is 2. The van der Waals surface area contributed by atoms with Crippen molar-refractivity contribution in [1.29, 1.82) is 0 Å². The molecule has 1 unspecified atom stereocenters. The van der Waals surface area contributed by atoms with Gasteiger partial charge in [0.1, 0.15) is 0 Å². The second-order valence-corrected chi connectivity index (χ2v) is 19.7. The fourth-order valence-corrected chi connectivity index (χ4v) is 18.5. The second-order valence-electron chi connectivity index (χ2n) is 11.5. The van der Waals surface area contributed by atoms with E-state index in [1.54, 1.807) is 0 Å². The van der Waals surface area contributed by atoms with Gasteiger partial charge in [-0.25, -0.2) is 0 Å². The summed E-state index contributed by atoms with van der Waals surface area (Å²) in [4.78, 5) is 13.6. The molecule has 7 aromatic rings. The lowest BCUT2D eigenvalue weighted by Crippen LogP contribution is -2.26. The predicted molar refractivity (Wildman–Crippen MR) is 205 cm³/mol. The molecule has 0 aliphatic rings. The van der Waals surface area contributed by atoms with Gasteiger partial charge in [-0.15, -0.1) is 7.53 Å². The molecule has 0 saturated heterocycles. The van der Waals surface area contributed by atoms with Gasteiger partial charge in [0.2, 0.25) is 0 Å². The van der Waals surface area contributed by atoms with E-state index in [4.69, 9.17) is 0 Å². The third kappa shape index (κ3) is 5.63. The summed E-state index contributed by atoms with van der Waals surface area (Å²) in [6.45, 7) is 2.22. The minimum absolute atomic E-state index is 0.793. The fraction of sp³-hybridized carbons (Fsp3) is 0.0238. The van der Waals surface area contributed by atoms with Crippen molar-refractivity contribution in [2.45, 2.75) is 0 Å². The summed E-state index contributed by atoms with van der Waals surface area (Å²) in [6.07, 6.45) is 0. The van der Waals surface area contributed by atoms with Crippen LogP contribution in [-0.4, -0.2) is 4.89 Å². The Labute approximate surface area is 278 Å². The zero-order chi connectivity index (χ0) is 32.3. The standard InChI is InChI=1S/C42H35O2P3/c1-45-41(46(43,35-24-12-4-13-25-35)36-26-14-5-15-27-36)39(33-20-8-2-9-21-33)32-40(34-22-10-3-11-23-34)42(45)47(44,37-28-16-6-17-29-37)38-30-18-7-19-31-38/h2-32,43H,1H3. The van der Waals surface area contributed by atoms with Crippen molar-refractivity contribution >= 4 is 48.0 Å². The highest BCUT2D eigenvalue weighted by Gasteiger charge is 2.36. The highest BCUT2D eigenvalue weighted by atomic mass is 31.2. The molecule has 1 heterocycles. The molecule has 0 aliphatic heterocycles. The van der Waals surface area contributed by atoms with Gasteiger partial charge < -0.3 is 9.46 Å². The van der Waals surface area contributed by atoms with Crippen LogP contribution in [-0.2, 0) is 11.2 Å². The summed E-state index contributed by atoms with van der Waals surface area (Å²) in [6, 6.07) is 62.9. The van der Waals surface area contributed by atoms with E-state index >= 15 is 4.57 Å². The van der Waals surface area contributed by atoms with E-state index in [1.807, 2.05) is 146 Å². The van der Waals surface area contributed by atoms with E-state index in [-0.39, 0.29) is 0 Å². The van der Waals surface area contributed by atoms with Crippen molar-refractivity contribution < 1.29 is 9.46 Å². The molecule has 47 heavy (non-hydrogen) atoms. The minimum atomic E-state index is -3.44. The third-order valence-corrected chi connectivity index (χ3v) is 19.8. The zero-order valence-corrected chi connectivity index (χ0v) is 28.8. The van der Waals surface area contributed by atoms with Crippen molar-refractivity contribution in [3.05, 3.63) is 193 Å². The molecule has 2 nitrogen and oxygen atoms in total. The Hall–Kier alpha value is -4.41. The van der Waals surface area contributed by atoms with Crippen molar-refractivity contribution in [1.82, 2.24) is 0 Å². The monoisotopic (exact) mass is 664 g/mol. The average Bonchev–Trinajstić information content (AvgIpc) is 3.16. The van der Waals surface area contributed by atoms with Gasteiger partial charge in [0, 0.05) is 30.9 Å². The average molecular weight is 665 g/mol. The van der Waals surface area contributed by atoms with E-state index in [0.29, 0.717) is 0 Å². The smallest absolute Gasteiger partial charge is 0.175 e. The third-order valence-electron chi connectivity index (χ3n) is 8.68. The molecule has 0 aliphatic carbocycles. The molecule has 0 radical (unpaired) electrons. The molecular formula is C42H35O2P3. The molecule has 0 fully saturated rings. The van der Waals surface area contributed by atoms with E-state index in [0.717, 1.165) is 53.2 Å². The largest absolute Gasteiger partial charge is 0.366 e. The van der Waals surface area contributed by atoms with Gasteiger partial charge in [-0.1, -0.05) is 182 Å². The molecule has 1 atom stereocenters. The SMILES string of the molecule is Cp1c(P(=O)(c2ccccc2)c2ccccc2)c(-c2ccccc2)cc(-c2ccccc2)c1=P(O)(c1ccccc1)c1ccccc1. The lowest BCUT2D eigenvalue weighted by atomic mass is 10.0. The summed E-state index contributed by atoms with van der Waals surface area (Å²) in [5, 5.41) is 4.25. The topological polar surface area (TPSA) is 37.3 Å². The van der Waals surface area contributed by atoms with E-state index in [1.165, 1.54) is 0 Å². The Morgan fingerprint density at radius 3 is 1.15 bits per heavy atom. The van der Waals surface area contributed by atoms with Gasteiger partial charge >= 0.3 is 0 Å².